The molecule has 7 heteroatoms. The lowest BCUT2D eigenvalue weighted by atomic mass is 10.4. The molecule has 0 aliphatic carbocycles. The minimum atomic E-state index is -0.256. The molecule has 0 fully saturated rings. The standard InChI is InChI=1S/C10H16N4O2S/c1-12-8(15)5-14(2)10(16)7-6-17-9(13-7)3-4-11/h6H,3-5,11H2,1-2H3,(H,12,15). The average Bonchev–Trinajstić information content (AvgIpc) is 2.76. The molecule has 0 spiro atoms. The third-order valence-corrected chi connectivity index (χ3v) is 3.04. The summed E-state index contributed by atoms with van der Waals surface area (Å²) in [6.07, 6.45) is 0.664. The van der Waals surface area contributed by atoms with Gasteiger partial charge in [0.25, 0.3) is 5.91 Å². The Labute approximate surface area is 104 Å². The van der Waals surface area contributed by atoms with E-state index in [1.807, 2.05) is 0 Å². The second-order valence-corrected chi connectivity index (χ2v) is 4.44. The van der Waals surface area contributed by atoms with Crippen molar-refractivity contribution in [2.45, 2.75) is 6.42 Å². The molecule has 1 rings (SSSR count). The van der Waals surface area contributed by atoms with Gasteiger partial charge in [-0.3, -0.25) is 9.59 Å². The van der Waals surface area contributed by atoms with Gasteiger partial charge >= 0.3 is 0 Å². The number of carbonyl (C=O) groups excluding carboxylic acids is 2. The van der Waals surface area contributed by atoms with Crippen LogP contribution in [0.5, 0.6) is 0 Å². The molecule has 1 aromatic rings. The molecule has 1 heterocycles. The van der Waals surface area contributed by atoms with Crippen molar-refractivity contribution in [2.75, 3.05) is 27.2 Å². The van der Waals surface area contributed by atoms with Gasteiger partial charge in [-0.2, -0.15) is 0 Å². The number of aromatic nitrogens is 1. The van der Waals surface area contributed by atoms with E-state index in [1.165, 1.54) is 23.3 Å². The Morgan fingerprint density at radius 3 is 2.88 bits per heavy atom. The summed E-state index contributed by atoms with van der Waals surface area (Å²) in [5, 5.41) is 4.99. The molecule has 0 aromatic carbocycles. The first-order valence-electron chi connectivity index (χ1n) is 5.19. The van der Waals surface area contributed by atoms with Gasteiger partial charge in [-0.1, -0.05) is 0 Å². The predicted octanol–water partition coefficient (Wildman–Crippen LogP) is -0.538. The molecule has 0 atom stereocenters. The third-order valence-electron chi connectivity index (χ3n) is 2.14. The van der Waals surface area contributed by atoms with E-state index in [-0.39, 0.29) is 18.4 Å². The Kier molecular flexibility index (Phi) is 5.05. The monoisotopic (exact) mass is 256 g/mol. The maximum Gasteiger partial charge on any atom is 0.273 e. The zero-order valence-electron chi connectivity index (χ0n) is 9.90. The molecule has 0 bridgehead atoms. The predicted molar refractivity (Wildman–Crippen MR) is 65.9 cm³/mol. The van der Waals surface area contributed by atoms with Crippen molar-refractivity contribution in [3.05, 3.63) is 16.1 Å². The number of hydrogen-bond donors (Lipinski definition) is 2. The van der Waals surface area contributed by atoms with Gasteiger partial charge < -0.3 is 16.0 Å². The van der Waals surface area contributed by atoms with Gasteiger partial charge in [0, 0.05) is 25.9 Å². The average molecular weight is 256 g/mol. The van der Waals surface area contributed by atoms with Gasteiger partial charge in [0.1, 0.15) is 5.69 Å². The van der Waals surface area contributed by atoms with Crippen LogP contribution >= 0.6 is 11.3 Å². The highest BCUT2D eigenvalue weighted by atomic mass is 32.1. The molecule has 94 valence electrons. The van der Waals surface area contributed by atoms with Crippen molar-refractivity contribution in [3.63, 3.8) is 0 Å². The van der Waals surface area contributed by atoms with Gasteiger partial charge in [-0.05, 0) is 6.54 Å². The molecule has 1 aromatic heterocycles. The summed E-state index contributed by atoms with van der Waals surface area (Å²) in [4.78, 5) is 28.5. The maximum atomic E-state index is 11.9. The molecule has 6 nitrogen and oxygen atoms in total. The maximum absolute atomic E-state index is 11.9. The molecule has 2 amide bonds. The Morgan fingerprint density at radius 1 is 1.59 bits per heavy atom. The Morgan fingerprint density at radius 2 is 2.29 bits per heavy atom. The van der Waals surface area contributed by atoms with Gasteiger partial charge in [0.05, 0.1) is 11.6 Å². The van der Waals surface area contributed by atoms with Crippen molar-refractivity contribution < 1.29 is 9.59 Å². The Bertz CT molecular complexity index is 405. The number of hydrogen-bond acceptors (Lipinski definition) is 5. The minimum Gasteiger partial charge on any atom is -0.358 e. The van der Waals surface area contributed by atoms with Crippen LogP contribution in [-0.2, 0) is 11.2 Å². The molecule has 0 saturated carbocycles. The normalized spacial score (nSPS) is 10.1. The van der Waals surface area contributed by atoms with E-state index < -0.39 is 0 Å². The van der Waals surface area contributed by atoms with E-state index in [4.69, 9.17) is 5.73 Å². The summed E-state index contributed by atoms with van der Waals surface area (Å²) in [7, 11) is 3.10. The van der Waals surface area contributed by atoms with Crippen LogP contribution in [0.3, 0.4) is 0 Å². The first-order valence-corrected chi connectivity index (χ1v) is 6.07. The van der Waals surface area contributed by atoms with Crippen molar-refractivity contribution in [1.82, 2.24) is 15.2 Å². The van der Waals surface area contributed by atoms with Crippen LogP contribution in [0.25, 0.3) is 0 Å². The van der Waals surface area contributed by atoms with E-state index in [0.29, 0.717) is 18.7 Å². The van der Waals surface area contributed by atoms with Crippen molar-refractivity contribution in [1.29, 1.82) is 0 Å². The first kappa shape index (κ1) is 13.6. The molecule has 0 aliphatic heterocycles. The quantitative estimate of drug-likeness (QED) is 0.740. The van der Waals surface area contributed by atoms with Crippen LogP contribution < -0.4 is 11.1 Å². The van der Waals surface area contributed by atoms with Crippen molar-refractivity contribution in [2.24, 2.45) is 5.73 Å². The van der Waals surface area contributed by atoms with Crippen molar-refractivity contribution >= 4 is 23.2 Å². The number of carbonyl (C=O) groups is 2. The third kappa shape index (κ3) is 3.79. The minimum absolute atomic E-state index is 0.0269. The van der Waals surface area contributed by atoms with E-state index in [0.717, 1.165) is 5.01 Å². The molecule has 0 saturated heterocycles. The van der Waals surface area contributed by atoms with Crippen LogP contribution in [0.2, 0.25) is 0 Å². The SMILES string of the molecule is CNC(=O)CN(C)C(=O)c1csc(CCN)n1. The number of rotatable bonds is 5. The molecular formula is C10H16N4O2S. The number of thiazole rings is 1. The Hall–Kier alpha value is -1.47. The fourth-order valence-electron chi connectivity index (χ4n) is 1.21. The van der Waals surface area contributed by atoms with Crippen LogP contribution in [0.4, 0.5) is 0 Å². The van der Waals surface area contributed by atoms with E-state index in [2.05, 4.69) is 10.3 Å². The number of amides is 2. The van der Waals surface area contributed by atoms with Crippen LogP contribution in [0, 0.1) is 0 Å². The summed E-state index contributed by atoms with van der Waals surface area (Å²) < 4.78 is 0. The van der Waals surface area contributed by atoms with Gasteiger partial charge in [0.2, 0.25) is 5.91 Å². The summed E-state index contributed by atoms with van der Waals surface area (Å²) in [5.74, 6) is -0.466. The first-order chi connectivity index (χ1) is 8.08. The van der Waals surface area contributed by atoms with E-state index >= 15 is 0 Å². The summed E-state index contributed by atoms with van der Waals surface area (Å²) in [5.41, 5.74) is 5.77. The molecule has 0 aliphatic rings. The summed E-state index contributed by atoms with van der Waals surface area (Å²) in [6.45, 7) is 0.536. The summed E-state index contributed by atoms with van der Waals surface area (Å²) in [6, 6.07) is 0. The molecule has 17 heavy (non-hydrogen) atoms. The topological polar surface area (TPSA) is 88.3 Å². The molecule has 0 radical (unpaired) electrons. The van der Waals surface area contributed by atoms with Crippen LogP contribution in [-0.4, -0.2) is 48.9 Å². The fraction of sp³-hybridized carbons (Fsp3) is 0.500. The highest BCUT2D eigenvalue weighted by Gasteiger charge is 2.17. The van der Waals surface area contributed by atoms with Gasteiger partial charge in [-0.15, -0.1) is 11.3 Å². The second-order valence-electron chi connectivity index (χ2n) is 3.50. The van der Waals surface area contributed by atoms with Gasteiger partial charge in [0.15, 0.2) is 0 Å². The molecular weight excluding hydrogens is 240 g/mol. The summed E-state index contributed by atoms with van der Waals surface area (Å²) >= 11 is 1.41. The number of likely N-dealkylation sites (N-methyl/N-ethyl adjacent to an activating group) is 2. The fourth-order valence-corrected chi connectivity index (χ4v) is 2.00. The largest absolute Gasteiger partial charge is 0.358 e. The second kappa shape index (κ2) is 6.31. The number of nitrogens with two attached hydrogens (primary N) is 1. The van der Waals surface area contributed by atoms with Gasteiger partial charge in [-0.25, -0.2) is 4.98 Å². The lowest BCUT2D eigenvalue weighted by Crippen LogP contribution is -2.37. The highest BCUT2D eigenvalue weighted by molar-refractivity contribution is 7.09. The molecule has 3 N–H and O–H groups in total. The molecule has 0 unspecified atom stereocenters. The number of nitrogens with one attached hydrogen (secondary N) is 1. The van der Waals surface area contributed by atoms with E-state index in [9.17, 15) is 9.59 Å². The van der Waals surface area contributed by atoms with Crippen LogP contribution in [0.15, 0.2) is 5.38 Å². The highest BCUT2D eigenvalue weighted by Crippen LogP contribution is 2.11. The zero-order chi connectivity index (χ0) is 12.8. The lowest BCUT2D eigenvalue weighted by Gasteiger charge is -2.14. The number of nitrogens with zero attached hydrogens (tertiary/aromatic N) is 2. The smallest absolute Gasteiger partial charge is 0.273 e. The van der Waals surface area contributed by atoms with Crippen molar-refractivity contribution in [3.8, 4) is 0 Å². The Balaban J connectivity index is 2.64. The van der Waals surface area contributed by atoms with E-state index in [1.54, 1.807) is 12.4 Å². The lowest BCUT2D eigenvalue weighted by molar-refractivity contribution is -0.121. The van der Waals surface area contributed by atoms with Crippen LogP contribution in [0.1, 0.15) is 15.5 Å². The zero-order valence-corrected chi connectivity index (χ0v) is 10.7.